The van der Waals surface area contributed by atoms with E-state index in [1.54, 1.807) is 6.07 Å². The first kappa shape index (κ1) is 18.0. The third kappa shape index (κ3) is 3.88. The first-order valence-electron chi connectivity index (χ1n) is 9.06. The molecule has 0 radical (unpaired) electrons. The monoisotopic (exact) mass is 348 g/mol. The van der Waals surface area contributed by atoms with Gasteiger partial charge in [0.1, 0.15) is 11.5 Å². The van der Waals surface area contributed by atoms with E-state index in [9.17, 15) is 9.90 Å². The molecule has 1 heterocycles. The molecule has 2 atom stereocenters. The summed E-state index contributed by atoms with van der Waals surface area (Å²) in [6.07, 6.45) is 1.60. The molecular weight excluding hydrogens is 324 g/mol. The van der Waals surface area contributed by atoms with Gasteiger partial charge in [-0.2, -0.15) is 0 Å². The Morgan fingerprint density at radius 1 is 1.00 bits per heavy atom. The molecule has 0 aliphatic heterocycles. The van der Waals surface area contributed by atoms with Crippen molar-refractivity contribution in [2.24, 2.45) is 0 Å². The number of hydrogen-bond acceptors (Lipinski definition) is 3. The summed E-state index contributed by atoms with van der Waals surface area (Å²) in [7, 11) is 0. The standard InChI is InChI=1S/C23H24O3/c1-3-18(14-17-10-6-4-7-11-17)21-15-20(24)22(23(25)26-21)16(2)19-12-8-5-9-13-19/h4-13,15-16,18,24H,3,14H2,1-2H3/t16-,18+/m1/s1. The van der Waals surface area contributed by atoms with Crippen LogP contribution in [0, 0.1) is 0 Å². The molecule has 0 unspecified atom stereocenters. The zero-order valence-corrected chi connectivity index (χ0v) is 15.2. The Morgan fingerprint density at radius 2 is 1.62 bits per heavy atom. The van der Waals surface area contributed by atoms with E-state index in [0.717, 1.165) is 18.4 Å². The molecule has 0 fully saturated rings. The highest BCUT2D eigenvalue weighted by atomic mass is 16.4. The minimum atomic E-state index is -0.456. The van der Waals surface area contributed by atoms with Crippen molar-refractivity contribution in [3.8, 4) is 5.75 Å². The molecule has 26 heavy (non-hydrogen) atoms. The van der Waals surface area contributed by atoms with E-state index in [2.05, 4.69) is 19.1 Å². The second-order valence-electron chi connectivity index (χ2n) is 6.66. The molecule has 0 saturated heterocycles. The predicted octanol–water partition coefficient (Wildman–Crippen LogP) is 5.23. The summed E-state index contributed by atoms with van der Waals surface area (Å²) in [5.74, 6) is 0.384. The van der Waals surface area contributed by atoms with Gasteiger partial charge in [-0.05, 0) is 24.0 Å². The van der Waals surface area contributed by atoms with Crippen LogP contribution in [0.1, 0.15) is 54.6 Å². The Bertz CT molecular complexity index is 898. The van der Waals surface area contributed by atoms with Crippen LogP contribution in [-0.2, 0) is 6.42 Å². The number of hydrogen-bond donors (Lipinski definition) is 1. The number of benzene rings is 2. The molecule has 3 aromatic rings. The first-order chi connectivity index (χ1) is 12.6. The van der Waals surface area contributed by atoms with Gasteiger partial charge in [-0.1, -0.05) is 74.5 Å². The normalized spacial score (nSPS) is 13.3. The lowest BCUT2D eigenvalue weighted by Gasteiger charge is -2.17. The SMILES string of the molecule is CC[C@@H](Cc1ccccc1)c1cc(O)c([C@H](C)c2ccccc2)c(=O)o1. The highest BCUT2D eigenvalue weighted by molar-refractivity contribution is 5.39. The van der Waals surface area contributed by atoms with Crippen molar-refractivity contribution >= 4 is 0 Å². The molecule has 3 rings (SSSR count). The van der Waals surface area contributed by atoms with Gasteiger partial charge in [0.2, 0.25) is 0 Å². The van der Waals surface area contributed by atoms with Crippen molar-refractivity contribution in [3.63, 3.8) is 0 Å². The van der Waals surface area contributed by atoms with Gasteiger partial charge in [-0.25, -0.2) is 4.79 Å². The lowest BCUT2D eigenvalue weighted by Crippen LogP contribution is -2.15. The maximum atomic E-state index is 12.6. The van der Waals surface area contributed by atoms with Crippen molar-refractivity contribution < 1.29 is 9.52 Å². The second kappa shape index (κ2) is 8.05. The Hall–Kier alpha value is -2.81. The van der Waals surface area contributed by atoms with Gasteiger partial charge in [-0.3, -0.25) is 0 Å². The summed E-state index contributed by atoms with van der Waals surface area (Å²) >= 11 is 0. The van der Waals surface area contributed by atoms with Gasteiger partial charge in [0.15, 0.2) is 0 Å². The zero-order valence-electron chi connectivity index (χ0n) is 15.2. The van der Waals surface area contributed by atoms with Crippen LogP contribution in [0.5, 0.6) is 5.75 Å². The maximum Gasteiger partial charge on any atom is 0.343 e. The summed E-state index contributed by atoms with van der Waals surface area (Å²) in [6.45, 7) is 3.97. The van der Waals surface area contributed by atoms with E-state index >= 15 is 0 Å². The Balaban J connectivity index is 1.92. The third-order valence-electron chi connectivity index (χ3n) is 4.94. The molecule has 0 amide bonds. The summed E-state index contributed by atoms with van der Waals surface area (Å²) in [5.41, 5.74) is 2.01. The van der Waals surface area contributed by atoms with Gasteiger partial charge in [-0.15, -0.1) is 0 Å². The van der Waals surface area contributed by atoms with Crippen LogP contribution >= 0.6 is 0 Å². The van der Waals surface area contributed by atoms with Crippen molar-refractivity contribution in [1.29, 1.82) is 0 Å². The average Bonchev–Trinajstić information content (AvgIpc) is 2.67. The highest BCUT2D eigenvalue weighted by Gasteiger charge is 2.22. The smallest absolute Gasteiger partial charge is 0.343 e. The van der Waals surface area contributed by atoms with Gasteiger partial charge < -0.3 is 9.52 Å². The fourth-order valence-corrected chi connectivity index (χ4v) is 3.36. The largest absolute Gasteiger partial charge is 0.507 e. The lowest BCUT2D eigenvalue weighted by molar-refractivity contribution is 0.383. The predicted molar refractivity (Wildman–Crippen MR) is 104 cm³/mol. The van der Waals surface area contributed by atoms with Crippen LogP contribution in [0.25, 0.3) is 0 Å². The van der Waals surface area contributed by atoms with E-state index in [0.29, 0.717) is 11.3 Å². The van der Waals surface area contributed by atoms with E-state index in [4.69, 9.17) is 4.42 Å². The summed E-state index contributed by atoms with van der Waals surface area (Å²) < 4.78 is 5.64. The fraction of sp³-hybridized carbons (Fsp3) is 0.261. The highest BCUT2D eigenvalue weighted by Crippen LogP contribution is 2.32. The second-order valence-corrected chi connectivity index (χ2v) is 6.66. The van der Waals surface area contributed by atoms with Crippen LogP contribution in [-0.4, -0.2) is 5.11 Å². The minimum absolute atomic E-state index is 0.0131. The molecule has 0 bridgehead atoms. The van der Waals surface area contributed by atoms with E-state index in [1.807, 2.05) is 55.5 Å². The van der Waals surface area contributed by atoms with Gasteiger partial charge in [0.25, 0.3) is 0 Å². The quantitative estimate of drug-likeness (QED) is 0.663. The van der Waals surface area contributed by atoms with Crippen LogP contribution in [0.4, 0.5) is 0 Å². The van der Waals surface area contributed by atoms with Crippen molar-refractivity contribution in [1.82, 2.24) is 0 Å². The van der Waals surface area contributed by atoms with E-state index in [1.165, 1.54) is 5.56 Å². The Morgan fingerprint density at radius 3 is 2.19 bits per heavy atom. The van der Waals surface area contributed by atoms with Crippen LogP contribution < -0.4 is 5.63 Å². The van der Waals surface area contributed by atoms with Crippen molar-refractivity contribution in [3.05, 3.63) is 99.6 Å². The molecule has 0 spiro atoms. The summed E-state index contributed by atoms with van der Waals surface area (Å²) in [4.78, 5) is 12.6. The molecule has 3 heteroatoms. The van der Waals surface area contributed by atoms with Crippen LogP contribution in [0.3, 0.4) is 0 Å². The molecule has 2 aromatic carbocycles. The average molecular weight is 348 g/mol. The van der Waals surface area contributed by atoms with Crippen molar-refractivity contribution in [2.45, 2.75) is 38.5 Å². The number of aromatic hydroxyl groups is 1. The molecular formula is C23H24O3. The van der Waals surface area contributed by atoms with Gasteiger partial charge in [0, 0.05) is 17.9 Å². The van der Waals surface area contributed by atoms with E-state index < -0.39 is 5.63 Å². The topological polar surface area (TPSA) is 50.4 Å². The molecule has 0 aliphatic rings. The molecule has 134 valence electrons. The maximum absolute atomic E-state index is 12.6. The van der Waals surface area contributed by atoms with Gasteiger partial charge >= 0.3 is 5.63 Å². The summed E-state index contributed by atoms with van der Waals surface area (Å²) in [5, 5.41) is 10.6. The Labute approximate surface area is 153 Å². The minimum Gasteiger partial charge on any atom is -0.507 e. The molecule has 1 aromatic heterocycles. The fourth-order valence-electron chi connectivity index (χ4n) is 3.36. The van der Waals surface area contributed by atoms with Gasteiger partial charge in [0.05, 0.1) is 5.56 Å². The first-order valence-corrected chi connectivity index (χ1v) is 9.06. The van der Waals surface area contributed by atoms with Crippen LogP contribution in [0.15, 0.2) is 75.9 Å². The number of rotatable bonds is 6. The summed E-state index contributed by atoms with van der Waals surface area (Å²) in [6, 6.07) is 21.4. The zero-order chi connectivity index (χ0) is 18.5. The molecule has 1 N–H and O–H groups in total. The lowest BCUT2D eigenvalue weighted by atomic mass is 9.91. The Kier molecular flexibility index (Phi) is 5.57. The molecule has 3 nitrogen and oxygen atoms in total. The molecule has 0 saturated carbocycles. The van der Waals surface area contributed by atoms with Crippen LogP contribution in [0.2, 0.25) is 0 Å². The van der Waals surface area contributed by atoms with E-state index in [-0.39, 0.29) is 17.6 Å². The van der Waals surface area contributed by atoms with Crippen molar-refractivity contribution in [2.75, 3.05) is 0 Å². The third-order valence-corrected chi connectivity index (χ3v) is 4.94. The molecule has 0 aliphatic carbocycles.